The van der Waals surface area contributed by atoms with E-state index in [0.29, 0.717) is 6.04 Å². The van der Waals surface area contributed by atoms with Crippen LogP contribution in [0.5, 0.6) is 0 Å². The Labute approximate surface area is 114 Å². The number of nitrogens with two attached hydrogens (primary N) is 1. The Hall–Kier alpha value is 0.450. The molecule has 1 atom stereocenters. The highest BCUT2D eigenvalue weighted by Gasteiger charge is 2.11. The molecule has 0 aliphatic heterocycles. The Morgan fingerprint density at radius 2 is 2.25 bits per heavy atom. The first-order chi connectivity index (χ1) is 7.63. The van der Waals surface area contributed by atoms with Crippen LogP contribution in [0.25, 0.3) is 0 Å². The monoisotopic (exact) mass is 322 g/mol. The molecule has 0 aliphatic carbocycles. The highest BCUT2D eigenvalue weighted by atomic mass is 79.9. The second-order valence-electron chi connectivity index (χ2n) is 4.19. The summed E-state index contributed by atoms with van der Waals surface area (Å²) < 4.78 is 1.20. The van der Waals surface area contributed by atoms with Crippen LogP contribution in [0.2, 0.25) is 0 Å². The molecule has 2 nitrogen and oxygen atoms in total. The van der Waals surface area contributed by atoms with Crippen LogP contribution >= 0.6 is 39.0 Å². The highest BCUT2D eigenvalue weighted by molar-refractivity contribution is 9.10. The van der Waals surface area contributed by atoms with Crippen molar-refractivity contribution in [3.8, 4) is 0 Å². The van der Waals surface area contributed by atoms with Gasteiger partial charge in [0.1, 0.15) is 0 Å². The molecular formula is C11H19BrN2S2. The summed E-state index contributed by atoms with van der Waals surface area (Å²) >= 11 is 7.30. The van der Waals surface area contributed by atoms with Crippen molar-refractivity contribution in [3.63, 3.8) is 0 Å². The Bertz CT molecular complexity index is 302. The van der Waals surface area contributed by atoms with Gasteiger partial charge in [-0.3, -0.25) is 11.3 Å². The zero-order valence-corrected chi connectivity index (χ0v) is 12.9. The molecule has 0 saturated heterocycles. The molecule has 0 radical (unpaired) electrons. The van der Waals surface area contributed by atoms with Crippen LogP contribution in [-0.2, 0) is 6.42 Å². The van der Waals surface area contributed by atoms with Gasteiger partial charge in [-0.05, 0) is 39.0 Å². The van der Waals surface area contributed by atoms with Gasteiger partial charge in [0.05, 0.1) is 0 Å². The highest BCUT2D eigenvalue weighted by Crippen LogP contribution is 2.24. The summed E-state index contributed by atoms with van der Waals surface area (Å²) in [5.74, 6) is 8.60. The summed E-state index contributed by atoms with van der Waals surface area (Å²) in [4.78, 5) is 1.37. The summed E-state index contributed by atoms with van der Waals surface area (Å²) in [5, 5.41) is 2.11. The van der Waals surface area contributed by atoms with E-state index in [4.69, 9.17) is 5.84 Å². The van der Waals surface area contributed by atoms with Crippen molar-refractivity contribution in [1.82, 2.24) is 5.43 Å². The zero-order chi connectivity index (χ0) is 12.0. The molecular weight excluding hydrogens is 304 g/mol. The van der Waals surface area contributed by atoms with E-state index in [0.717, 1.165) is 18.1 Å². The number of rotatable bonds is 7. The molecule has 5 heteroatoms. The van der Waals surface area contributed by atoms with Gasteiger partial charge in [0.15, 0.2) is 0 Å². The number of hydrazine groups is 1. The topological polar surface area (TPSA) is 38.0 Å². The Kier molecular flexibility index (Phi) is 7.00. The molecule has 1 unspecified atom stereocenters. The van der Waals surface area contributed by atoms with Crippen molar-refractivity contribution in [2.45, 2.75) is 26.3 Å². The Balaban J connectivity index is 2.35. The molecule has 0 spiro atoms. The average Bonchev–Trinajstić information content (AvgIpc) is 2.62. The van der Waals surface area contributed by atoms with Gasteiger partial charge in [-0.2, -0.15) is 11.8 Å². The lowest BCUT2D eigenvalue weighted by Crippen LogP contribution is -2.38. The molecule has 0 bridgehead atoms. The van der Waals surface area contributed by atoms with Gasteiger partial charge in [-0.1, -0.05) is 13.8 Å². The van der Waals surface area contributed by atoms with Crippen molar-refractivity contribution in [2.75, 3.05) is 11.5 Å². The number of hydrogen-bond donors (Lipinski definition) is 2. The normalized spacial score (nSPS) is 13.3. The number of thiophene rings is 1. The van der Waals surface area contributed by atoms with Crippen LogP contribution in [0.1, 0.15) is 18.7 Å². The minimum Gasteiger partial charge on any atom is -0.271 e. The van der Waals surface area contributed by atoms with Crippen LogP contribution in [0.15, 0.2) is 15.9 Å². The van der Waals surface area contributed by atoms with Crippen LogP contribution < -0.4 is 11.3 Å². The second-order valence-corrected chi connectivity index (χ2v) is 7.12. The maximum atomic E-state index is 5.58. The van der Waals surface area contributed by atoms with Crippen molar-refractivity contribution < 1.29 is 0 Å². The number of thioether (sulfide) groups is 1. The molecule has 1 rings (SSSR count). The fraction of sp³-hybridized carbons (Fsp3) is 0.636. The van der Waals surface area contributed by atoms with Gasteiger partial charge in [0.25, 0.3) is 0 Å². The first-order valence-electron chi connectivity index (χ1n) is 5.39. The zero-order valence-electron chi connectivity index (χ0n) is 9.70. The summed E-state index contributed by atoms with van der Waals surface area (Å²) in [6.45, 7) is 4.49. The van der Waals surface area contributed by atoms with Gasteiger partial charge in [-0.15, -0.1) is 11.3 Å². The van der Waals surface area contributed by atoms with Crippen molar-refractivity contribution in [1.29, 1.82) is 0 Å². The van der Waals surface area contributed by atoms with E-state index >= 15 is 0 Å². The van der Waals surface area contributed by atoms with Crippen LogP contribution in [0.3, 0.4) is 0 Å². The summed E-state index contributed by atoms with van der Waals surface area (Å²) in [5.41, 5.74) is 2.91. The van der Waals surface area contributed by atoms with Gasteiger partial charge < -0.3 is 0 Å². The third-order valence-corrected chi connectivity index (χ3v) is 5.62. The van der Waals surface area contributed by atoms with E-state index in [1.54, 1.807) is 11.3 Å². The van der Waals surface area contributed by atoms with Crippen molar-refractivity contribution in [3.05, 3.63) is 20.8 Å². The van der Waals surface area contributed by atoms with Gasteiger partial charge in [0.2, 0.25) is 0 Å². The Morgan fingerprint density at radius 1 is 1.50 bits per heavy atom. The summed E-state index contributed by atoms with van der Waals surface area (Å²) in [7, 11) is 0. The predicted octanol–water partition coefficient (Wildman–Crippen LogP) is 3.27. The fourth-order valence-electron chi connectivity index (χ4n) is 1.31. The lowest BCUT2D eigenvalue weighted by Gasteiger charge is -2.15. The molecule has 0 fully saturated rings. The standard InChI is InChI=1S/C11H19BrN2S2/c1-8(2)6-15-7-9(14-13)5-11-10(12)3-4-16-11/h3-4,8-9,14H,5-7,13H2,1-2H3. The molecule has 3 N–H and O–H groups in total. The maximum Gasteiger partial charge on any atom is 0.0349 e. The molecule has 0 aliphatic rings. The van der Waals surface area contributed by atoms with Crippen molar-refractivity contribution in [2.24, 2.45) is 11.8 Å². The van der Waals surface area contributed by atoms with Crippen LogP contribution in [0.4, 0.5) is 0 Å². The minimum absolute atomic E-state index is 0.360. The van der Waals surface area contributed by atoms with Gasteiger partial charge in [-0.25, -0.2) is 0 Å². The molecule has 0 saturated carbocycles. The average molecular weight is 323 g/mol. The van der Waals surface area contributed by atoms with Crippen LogP contribution in [0, 0.1) is 5.92 Å². The SMILES string of the molecule is CC(C)CSCC(Cc1sccc1Br)NN. The van der Waals surface area contributed by atoms with Gasteiger partial charge >= 0.3 is 0 Å². The summed E-state index contributed by atoms with van der Waals surface area (Å²) in [6, 6.07) is 2.45. The largest absolute Gasteiger partial charge is 0.271 e. The molecule has 92 valence electrons. The van der Waals surface area contributed by atoms with E-state index in [2.05, 4.69) is 46.6 Å². The third kappa shape index (κ3) is 5.19. The molecule has 16 heavy (non-hydrogen) atoms. The lowest BCUT2D eigenvalue weighted by atomic mass is 10.2. The number of hydrogen-bond acceptors (Lipinski definition) is 4. The predicted molar refractivity (Wildman–Crippen MR) is 79.0 cm³/mol. The molecule has 0 amide bonds. The first kappa shape index (κ1) is 14.5. The summed E-state index contributed by atoms with van der Waals surface area (Å²) in [6.07, 6.45) is 1.000. The smallest absolute Gasteiger partial charge is 0.0349 e. The fourth-order valence-corrected chi connectivity index (χ4v) is 4.01. The van der Waals surface area contributed by atoms with Gasteiger partial charge in [0, 0.05) is 27.6 Å². The molecule has 1 heterocycles. The number of nitrogens with one attached hydrogen (secondary N) is 1. The Morgan fingerprint density at radius 3 is 2.75 bits per heavy atom. The maximum absolute atomic E-state index is 5.58. The molecule has 1 aromatic rings. The third-order valence-electron chi connectivity index (χ3n) is 2.13. The second kappa shape index (κ2) is 7.71. The minimum atomic E-state index is 0.360. The van der Waals surface area contributed by atoms with E-state index in [-0.39, 0.29) is 0 Å². The van der Waals surface area contributed by atoms with E-state index in [9.17, 15) is 0 Å². The van der Waals surface area contributed by atoms with Crippen LogP contribution in [-0.4, -0.2) is 17.5 Å². The number of halogens is 1. The van der Waals surface area contributed by atoms with Crippen molar-refractivity contribution >= 4 is 39.0 Å². The first-order valence-corrected chi connectivity index (χ1v) is 8.22. The molecule has 0 aromatic carbocycles. The lowest BCUT2D eigenvalue weighted by molar-refractivity contribution is 0.578. The van der Waals surface area contributed by atoms with E-state index in [1.165, 1.54) is 15.1 Å². The quantitative estimate of drug-likeness (QED) is 0.597. The van der Waals surface area contributed by atoms with E-state index in [1.807, 2.05) is 11.8 Å². The van der Waals surface area contributed by atoms with E-state index < -0.39 is 0 Å². The molecule has 1 aromatic heterocycles.